The lowest BCUT2D eigenvalue weighted by atomic mass is 10.2. The Bertz CT molecular complexity index is 567. The molecule has 0 aromatic heterocycles. The van der Waals surface area contributed by atoms with Crippen molar-refractivity contribution in [2.75, 3.05) is 18.5 Å². The van der Waals surface area contributed by atoms with Gasteiger partial charge in [-0.15, -0.1) is 5.11 Å². The topological polar surface area (TPSA) is 46.0 Å². The van der Waals surface area contributed by atoms with Gasteiger partial charge < -0.3 is 10.1 Å². The minimum absolute atomic E-state index is 0.649. The van der Waals surface area contributed by atoms with Gasteiger partial charge in [-0.1, -0.05) is 18.2 Å². The zero-order valence-corrected chi connectivity index (χ0v) is 11.8. The van der Waals surface area contributed by atoms with Crippen molar-refractivity contribution in [1.82, 2.24) is 0 Å². The second-order valence-corrected chi connectivity index (χ2v) is 4.18. The van der Waals surface area contributed by atoms with Gasteiger partial charge in [-0.2, -0.15) is 5.11 Å². The largest absolute Gasteiger partial charge is 0.494 e. The summed E-state index contributed by atoms with van der Waals surface area (Å²) in [4.78, 5) is 0. The molecule has 0 amide bonds. The maximum absolute atomic E-state index is 5.50. The van der Waals surface area contributed by atoms with Crippen molar-refractivity contribution in [3.8, 4) is 5.75 Å². The Morgan fingerprint density at radius 2 is 1.80 bits per heavy atom. The molecule has 2 aromatic carbocycles. The van der Waals surface area contributed by atoms with Gasteiger partial charge in [0.25, 0.3) is 0 Å². The van der Waals surface area contributed by atoms with Crippen LogP contribution in [0.4, 0.5) is 17.1 Å². The average molecular weight is 269 g/mol. The zero-order valence-electron chi connectivity index (χ0n) is 11.8. The normalized spacial score (nSPS) is 10.7. The lowest BCUT2D eigenvalue weighted by Crippen LogP contribution is -1.98. The monoisotopic (exact) mass is 269 g/mol. The Kier molecular flexibility index (Phi) is 5.12. The average Bonchev–Trinajstić information content (AvgIpc) is 2.48. The van der Waals surface area contributed by atoms with Crippen LogP contribution >= 0.6 is 0 Å². The first kappa shape index (κ1) is 14.1. The highest BCUT2D eigenvalue weighted by Gasteiger charge is 2.03. The van der Waals surface area contributed by atoms with Crippen molar-refractivity contribution in [2.24, 2.45) is 10.2 Å². The number of nitrogens with zero attached hydrogens (tertiary/aromatic N) is 2. The van der Waals surface area contributed by atoms with Crippen molar-refractivity contribution in [3.05, 3.63) is 48.5 Å². The molecule has 0 aliphatic rings. The predicted molar refractivity (Wildman–Crippen MR) is 82.4 cm³/mol. The van der Waals surface area contributed by atoms with Crippen LogP contribution in [-0.2, 0) is 0 Å². The van der Waals surface area contributed by atoms with Crippen molar-refractivity contribution in [3.63, 3.8) is 0 Å². The Hall–Kier alpha value is -2.36. The molecule has 104 valence electrons. The molecule has 0 saturated heterocycles. The fraction of sp³-hybridized carbons (Fsp3) is 0.250. The zero-order chi connectivity index (χ0) is 14.2. The molecule has 0 bridgehead atoms. The summed E-state index contributed by atoms with van der Waals surface area (Å²) in [6.07, 6.45) is 0. The van der Waals surface area contributed by atoms with E-state index in [4.69, 9.17) is 4.74 Å². The summed E-state index contributed by atoms with van der Waals surface area (Å²) < 4.78 is 5.50. The molecule has 0 aliphatic carbocycles. The van der Waals surface area contributed by atoms with Gasteiger partial charge in [0, 0.05) is 12.6 Å². The van der Waals surface area contributed by atoms with E-state index in [-0.39, 0.29) is 0 Å². The first-order chi connectivity index (χ1) is 9.83. The molecule has 0 unspecified atom stereocenters. The van der Waals surface area contributed by atoms with Crippen LogP contribution < -0.4 is 10.1 Å². The number of rotatable bonds is 6. The van der Waals surface area contributed by atoms with E-state index >= 15 is 0 Å². The molecule has 0 atom stereocenters. The molecule has 0 aliphatic heterocycles. The van der Waals surface area contributed by atoms with Gasteiger partial charge >= 0.3 is 0 Å². The van der Waals surface area contributed by atoms with E-state index in [1.165, 1.54) is 0 Å². The van der Waals surface area contributed by atoms with Gasteiger partial charge in [-0.25, -0.2) is 0 Å². The maximum Gasteiger partial charge on any atom is 0.121 e. The van der Waals surface area contributed by atoms with Crippen LogP contribution in [0.1, 0.15) is 13.8 Å². The number of anilines is 1. The summed E-state index contributed by atoms with van der Waals surface area (Å²) in [5.74, 6) is 0.835. The predicted octanol–water partition coefficient (Wildman–Crippen LogP) is 4.93. The molecule has 4 nitrogen and oxygen atoms in total. The lowest BCUT2D eigenvalue weighted by Gasteiger charge is -2.09. The highest BCUT2D eigenvalue weighted by Crippen LogP contribution is 2.30. The van der Waals surface area contributed by atoms with Crippen LogP contribution in [0.2, 0.25) is 0 Å². The van der Waals surface area contributed by atoms with E-state index in [1.807, 2.05) is 62.4 Å². The molecule has 0 saturated carbocycles. The molecule has 0 fully saturated rings. The van der Waals surface area contributed by atoms with E-state index in [2.05, 4.69) is 15.5 Å². The summed E-state index contributed by atoms with van der Waals surface area (Å²) in [7, 11) is 0. The fourth-order valence-corrected chi connectivity index (χ4v) is 1.80. The number of ether oxygens (including phenoxy) is 1. The van der Waals surface area contributed by atoms with Gasteiger partial charge in [0.1, 0.15) is 11.4 Å². The van der Waals surface area contributed by atoms with Crippen LogP contribution in [0.5, 0.6) is 5.75 Å². The molecular formula is C16H19N3O. The van der Waals surface area contributed by atoms with E-state index in [0.29, 0.717) is 6.61 Å². The maximum atomic E-state index is 5.50. The Morgan fingerprint density at radius 3 is 2.50 bits per heavy atom. The second kappa shape index (κ2) is 7.28. The third kappa shape index (κ3) is 3.82. The number of hydrogen-bond acceptors (Lipinski definition) is 4. The summed E-state index contributed by atoms with van der Waals surface area (Å²) in [6.45, 7) is 5.49. The summed E-state index contributed by atoms with van der Waals surface area (Å²) in [5, 5.41) is 11.8. The molecular weight excluding hydrogens is 250 g/mol. The molecule has 20 heavy (non-hydrogen) atoms. The lowest BCUT2D eigenvalue weighted by molar-refractivity contribution is 0.340. The molecule has 2 aromatic rings. The van der Waals surface area contributed by atoms with Crippen molar-refractivity contribution >= 4 is 17.1 Å². The fourth-order valence-electron chi connectivity index (χ4n) is 1.80. The molecule has 0 heterocycles. The number of nitrogens with one attached hydrogen (secondary N) is 1. The quantitative estimate of drug-likeness (QED) is 0.755. The summed E-state index contributed by atoms with van der Waals surface area (Å²) in [6, 6.07) is 15.5. The molecule has 1 N–H and O–H groups in total. The van der Waals surface area contributed by atoms with Gasteiger partial charge in [0.05, 0.1) is 18.0 Å². The molecule has 2 rings (SSSR count). The summed E-state index contributed by atoms with van der Waals surface area (Å²) >= 11 is 0. The van der Waals surface area contributed by atoms with Crippen LogP contribution in [-0.4, -0.2) is 13.2 Å². The van der Waals surface area contributed by atoms with Crippen LogP contribution in [0.25, 0.3) is 0 Å². The van der Waals surface area contributed by atoms with Gasteiger partial charge in [0.15, 0.2) is 0 Å². The van der Waals surface area contributed by atoms with Gasteiger partial charge in [0.2, 0.25) is 0 Å². The van der Waals surface area contributed by atoms with Crippen molar-refractivity contribution < 1.29 is 4.74 Å². The highest BCUT2D eigenvalue weighted by atomic mass is 16.5. The third-order valence-electron chi connectivity index (χ3n) is 2.68. The first-order valence-corrected chi connectivity index (χ1v) is 6.81. The van der Waals surface area contributed by atoms with E-state index < -0.39 is 0 Å². The molecule has 4 heteroatoms. The smallest absolute Gasteiger partial charge is 0.121 e. The third-order valence-corrected chi connectivity index (χ3v) is 2.68. The second-order valence-electron chi connectivity index (χ2n) is 4.18. The number of benzene rings is 2. The van der Waals surface area contributed by atoms with Gasteiger partial charge in [-0.05, 0) is 38.1 Å². The van der Waals surface area contributed by atoms with Crippen LogP contribution in [0.15, 0.2) is 58.8 Å². The van der Waals surface area contributed by atoms with Gasteiger partial charge in [-0.3, -0.25) is 0 Å². The number of azo groups is 1. The highest BCUT2D eigenvalue weighted by molar-refractivity contribution is 5.67. The SMILES string of the molecule is CCNc1cc(OCC)ccc1N=Nc1ccccc1. The Balaban J connectivity index is 2.24. The Labute approximate surface area is 119 Å². The van der Waals surface area contributed by atoms with Crippen molar-refractivity contribution in [1.29, 1.82) is 0 Å². The van der Waals surface area contributed by atoms with E-state index in [1.54, 1.807) is 0 Å². The minimum Gasteiger partial charge on any atom is -0.494 e. The van der Waals surface area contributed by atoms with Crippen LogP contribution in [0, 0.1) is 0 Å². The molecule has 0 radical (unpaired) electrons. The molecule has 0 spiro atoms. The van der Waals surface area contributed by atoms with E-state index in [9.17, 15) is 0 Å². The Morgan fingerprint density at radius 1 is 1.00 bits per heavy atom. The van der Waals surface area contributed by atoms with Crippen LogP contribution in [0.3, 0.4) is 0 Å². The standard InChI is InChI=1S/C16H19N3O/c1-3-17-16-12-14(20-4-2)10-11-15(16)19-18-13-8-6-5-7-9-13/h5-12,17H,3-4H2,1-2H3. The summed E-state index contributed by atoms with van der Waals surface area (Å²) in [5.41, 5.74) is 2.57. The first-order valence-electron chi connectivity index (χ1n) is 6.81. The van der Waals surface area contributed by atoms with E-state index in [0.717, 1.165) is 29.4 Å². The van der Waals surface area contributed by atoms with Crippen molar-refractivity contribution in [2.45, 2.75) is 13.8 Å². The number of hydrogen-bond donors (Lipinski definition) is 1. The minimum atomic E-state index is 0.649.